The quantitative estimate of drug-likeness (QED) is 0.851. The minimum atomic E-state index is 0.519. The lowest BCUT2D eigenvalue weighted by atomic mass is 10.2. The van der Waals surface area contributed by atoms with Gasteiger partial charge in [0.05, 0.1) is 11.4 Å². The van der Waals surface area contributed by atoms with Crippen LogP contribution in [0.4, 0.5) is 0 Å². The van der Waals surface area contributed by atoms with Gasteiger partial charge in [0.25, 0.3) is 0 Å². The molecule has 0 atom stereocenters. The van der Waals surface area contributed by atoms with Crippen molar-refractivity contribution in [2.75, 3.05) is 0 Å². The van der Waals surface area contributed by atoms with Gasteiger partial charge in [0.1, 0.15) is 6.07 Å². The van der Waals surface area contributed by atoms with Crippen molar-refractivity contribution in [3.05, 3.63) is 42.2 Å². The fraction of sp³-hybridized carbons (Fsp3) is 0.312. The van der Waals surface area contributed by atoms with E-state index >= 15 is 0 Å². The van der Waals surface area contributed by atoms with Crippen molar-refractivity contribution in [2.45, 2.75) is 35.8 Å². The van der Waals surface area contributed by atoms with Gasteiger partial charge < -0.3 is 0 Å². The molecule has 2 aromatic rings. The summed E-state index contributed by atoms with van der Waals surface area (Å²) in [5, 5.41) is 9.96. The minimum absolute atomic E-state index is 0.519. The third kappa shape index (κ3) is 2.83. The molecule has 1 saturated carbocycles. The zero-order valence-electron chi connectivity index (χ0n) is 11.1. The summed E-state index contributed by atoms with van der Waals surface area (Å²) in [5.74, 6) is 0. The topological polar surface area (TPSA) is 49.6 Å². The number of thioether (sulfide) groups is 1. The van der Waals surface area contributed by atoms with Gasteiger partial charge in [0, 0.05) is 16.3 Å². The zero-order valence-corrected chi connectivity index (χ0v) is 11.9. The summed E-state index contributed by atoms with van der Waals surface area (Å²) >= 11 is 1.80. The van der Waals surface area contributed by atoms with Crippen LogP contribution in [0.1, 0.15) is 31.4 Å². The molecule has 0 unspecified atom stereocenters. The van der Waals surface area contributed by atoms with E-state index in [2.05, 4.69) is 16.0 Å². The molecule has 2 heterocycles. The van der Waals surface area contributed by atoms with Crippen LogP contribution in [0.15, 0.2) is 41.4 Å². The van der Waals surface area contributed by atoms with Crippen LogP contribution in [-0.4, -0.2) is 15.2 Å². The molecule has 3 nitrogen and oxygen atoms in total. The molecule has 0 radical (unpaired) electrons. The van der Waals surface area contributed by atoms with E-state index in [0.29, 0.717) is 10.9 Å². The van der Waals surface area contributed by atoms with Gasteiger partial charge in [-0.05, 0) is 37.1 Å². The molecule has 0 aromatic carbocycles. The first-order valence-electron chi connectivity index (χ1n) is 6.86. The third-order valence-electron chi connectivity index (χ3n) is 3.49. The molecule has 0 amide bonds. The van der Waals surface area contributed by atoms with Crippen molar-refractivity contribution in [3.63, 3.8) is 0 Å². The molecule has 0 aliphatic heterocycles. The van der Waals surface area contributed by atoms with Gasteiger partial charge in [-0.15, -0.1) is 11.8 Å². The molecule has 3 rings (SSSR count). The molecule has 0 bridgehead atoms. The lowest BCUT2D eigenvalue weighted by molar-refractivity contribution is 0.886. The van der Waals surface area contributed by atoms with Gasteiger partial charge in [-0.1, -0.05) is 18.9 Å². The Kier molecular flexibility index (Phi) is 3.98. The van der Waals surface area contributed by atoms with Gasteiger partial charge in [0.15, 0.2) is 5.69 Å². The van der Waals surface area contributed by atoms with Gasteiger partial charge in [-0.25, -0.2) is 4.98 Å². The molecular formula is C16H15N3S. The van der Waals surface area contributed by atoms with Crippen LogP contribution in [0.5, 0.6) is 0 Å². The largest absolute Gasteiger partial charge is 0.255 e. The predicted octanol–water partition coefficient (Wildman–Crippen LogP) is 4.05. The number of rotatable bonds is 3. The van der Waals surface area contributed by atoms with Crippen molar-refractivity contribution >= 4 is 11.8 Å². The first kappa shape index (κ1) is 13.1. The van der Waals surface area contributed by atoms with Crippen molar-refractivity contribution in [1.29, 1.82) is 5.26 Å². The molecule has 2 aromatic heterocycles. The fourth-order valence-electron chi connectivity index (χ4n) is 2.46. The maximum atomic E-state index is 9.32. The van der Waals surface area contributed by atoms with Crippen LogP contribution >= 0.6 is 11.8 Å². The molecule has 1 fully saturated rings. The number of pyridine rings is 2. The number of hydrogen-bond donors (Lipinski definition) is 0. The smallest absolute Gasteiger partial charge is 0.154 e. The van der Waals surface area contributed by atoms with Gasteiger partial charge >= 0.3 is 0 Å². The Hall–Kier alpha value is -1.86. The van der Waals surface area contributed by atoms with Crippen LogP contribution < -0.4 is 0 Å². The fourth-order valence-corrected chi connectivity index (χ4v) is 3.74. The molecule has 1 aliphatic rings. The molecule has 1 aliphatic carbocycles. The predicted molar refractivity (Wildman–Crippen MR) is 80.3 cm³/mol. The highest BCUT2D eigenvalue weighted by molar-refractivity contribution is 8.00. The molecule has 20 heavy (non-hydrogen) atoms. The molecule has 4 heteroatoms. The summed E-state index contributed by atoms with van der Waals surface area (Å²) in [6.45, 7) is 0. The second-order valence-corrected chi connectivity index (χ2v) is 6.24. The number of aromatic nitrogens is 2. The Bertz CT molecular complexity index is 628. The lowest BCUT2D eigenvalue weighted by Gasteiger charge is -2.10. The zero-order chi connectivity index (χ0) is 13.8. The van der Waals surface area contributed by atoms with Gasteiger partial charge in [0.2, 0.25) is 0 Å². The van der Waals surface area contributed by atoms with Crippen molar-refractivity contribution in [2.24, 2.45) is 0 Å². The Balaban J connectivity index is 1.88. The molecule has 0 N–H and O–H groups in total. The Morgan fingerprint density at radius 2 is 1.95 bits per heavy atom. The van der Waals surface area contributed by atoms with E-state index in [1.165, 1.54) is 25.7 Å². The molecule has 0 saturated heterocycles. The first-order chi connectivity index (χ1) is 9.86. The lowest BCUT2D eigenvalue weighted by Crippen LogP contribution is -1.97. The SMILES string of the molecule is N#Cc1nc(-c2ccccn2)ccc1SC1CCCC1. The second-order valence-electron chi connectivity index (χ2n) is 4.89. The van der Waals surface area contributed by atoms with E-state index in [-0.39, 0.29) is 0 Å². The molecule has 100 valence electrons. The maximum Gasteiger partial charge on any atom is 0.154 e. The summed E-state index contributed by atoms with van der Waals surface area (Å²) in [6, 6.07) is 11.9. The number of hydrogen-bond acceptors (Lipinski definition) is 4. The van der Waals surface area contributed by atoms with E-state index in [4.69, 9.17) is 0 Å². The van der Waals surface area contributed by atoms with E-state index in [0.717, 1.165) is 16.3 Å². The highest BCUT2D eigenvalue weighted by Gasteiger charge is 2.18. The average Bonchev–Trinajstić information content (AvgIpc) is 3.01. The summed E-state index contributed by atoms with van der Waals surface area (Å²) in [4.78, 5) is 9.74. The van der Waals surface area contributed by atoms with Crippen LogP contribution in [0.2, 0.25) is 0 Å². The van der Waals surface area contributed by atoms with Crippen LogP contribution in [0.25, 0.3) is 11.4 Å². The van der Waals surface area contributed by atoms with Crippen LogP contribution in [0, 0.1) is 11.3 Å². The first-order valence-corrected chi connectivity index (χ1v) is 7.74. The average molecular weight is 281 g/mol. The van der Waals surface area contributed by atoms with E-state index in [1.807, 2.05) is 30.3 Å². The van der Waals surface area contributed by atoms with Gasteiger partial charge in [-0.3, -0.25) is 4.98 Å². The van der Waals surface area contributed by atoms with E-state index < -0.39 is 0 Å². The van der Waals surface area contributed by atoms with E-state index in [1.54, 1.807) is 18.0 Å². The maximum absolute atomic E-state index is 9.32. The normalized spacial score (nSPS) is 15.2. The van der Waals surface area contributed by atoms with Crippen LogP contribution in [0.3, 0.4) is 0 Å². The highest BCUT2D eigenvalue weighted by atomic mass is 32.2. The van der Waals surface area contributed by atoms with Gasteiger partial charge in [-0.2, -0.15) is 5.26 Å². The van der Waals surface area contributed by atoms with Crippen LogP contribution in [-0.2, 0) is 0 Å². The third-order valence-corrected chi connectivity index (χ3v) is 4.88. The number of nitriles is 1. The van der Waals surface area contributed by atoms with Crippen molar-refractivity contribution in [1.82, 2.24) is 9.97 Å². The Morgan fingerprint density at radius 3 is 2.65 bits per heavy atom. The Labute approximate surface area is 123 Å². The monoisotopic (exact) mass is 281 g/mol. The standard InChI is InChI=1S/C16H15N3S/c17-11-15-16(20-12-5-1-2-6-12)9-8-14(19-15)13-7-3-4-10-18-13/h3-4,7-10,12H,1-2,5-6H2. The summed E-state index contributed by atoms with van der Waals surface area (Å²) in [6.07, 6.45) is 6.84. The van der Waals surface area contributed by atoms with Crippen molar-refractivity contribution in [3.8, 4) is 17.5 Å². The van der Waals surface area contributed by atoms with Crippen molar-refractivity contribution < 1.29 is 0 Å². The molecular weight excluding hydrogens is 266 g/mol. The second kappa shape index (κ2) is 6.06. The minimum Gasteiger partial charge on any atom is -0.255 e. The number of nitrogens with zero attached hydrogens (tertiary/aromatic N) is 3. The molecule has 0 spiro atoms. The Morgan fingerprint density at radius 1 is 1.10 bits per heavy atom. The summed E-state index contributed by atoms with van der Waals surface area (Å²) < 4.78 is 0. The summed E-state index contributed by atoms with van der Waals surface area (Å²) in [5.41, 5.74) is 2.09. The van der Waals surface area contributed by atoms with E-state index in [9.17, 15) is 5.26 Å². The summed E-state index contributed by atoms with van der Waals surface area (Å²) in [7, 11) is 0. The highest BCUT2D eigenvalue weighted by Crippen LogP contribution is 2.36.